The van der Waals surface area contributed by atoms with E-state index < -0.39 is 0 Å². The van der Waals surface area contributed by atoms with Crippen molar-refractivity contribution in [3.63, 3.8) is 0 Å². The van der Waals surface area contributed by atoms with Crippen molar-refractivity contribution in [2.45, 2.75) is 0 Å². The lowest BCUT2D eigenvalue weighted by molar-refractivity contribution is 0.198. The second-order valence-electron chi connectivity index (χ2n) is 2.76. The van der Waals surface area contributed by atoms with Gasteiger partial charge >= 0.3 is 6.10 Å². The lowest BCUT2D eigenvalue weighted by Crippen LogP contribution is -2.00. The summed E-state index contributed by atoms with van der Waals surface area (Å²) in [5, 5.41) is 0. The van der Waals surface area contributed by atoms with Crippen molar-refractivity contribution in [3.05, 3.63) is 61.2 Å². The number of halogens is 1. The molecule has 2 aromatic rings. The van der Waals surface area contributed by atoms with Crippen LogP contribution in [0.2, 0.25) is 0 Å². The number of pyridine rings is 2. The second-order valence-corrected chi connectivity index (χ2v) is 3.32. The summed E-state index contributed by atoms with van der Waals surface area (Å²) in [5.74, 6) is -0.241. The van der Waals surface area contributed by atoms with Crippen LogP contribution in [-0.4, -0.2) is 29.0 Å². The van der Waals surface area contributed by atoms with Crippen LogP contribution in [0, 0.1) is 0 Å². The zero-order chi connectivity index (χ0) is 13.5. The highest BCUT2D eigenvalue weighted by Gasteiger charge is 1.93. The molecule has 94 valence electrons. The van der Waals surface area contributed by atoms with Gasteiger partial charge in [0.1, 0.15) is 0 Å². The van der Waals surface area contributed by atoms with Gasteiger partial charge in [-0.3, -0.25) is 14.8 Å². The molecule has 0 saturated heterocycles. The van der Waals surface area contributed by atoms with Crippen LogP contribution in [0.3, 0.4) is 0 Å². The minimum Gasteiger partial charge on any atom is -0.476 e. The summed E-state index contributed by atoms with van der Waals surface area (Å²) >= 11 is 2.90. The predicted octanol–water partition coefficient (Wildman–Crippen LogP) is 2.66. The molecule has 2 heterocycles. The maximum absolute atomic E-state index is 9.91. The molecular formula is C12H14BBrN2O2. The summed E-state index contributed by atoms with van der Waals surface area (Å²) in [4.78, 5) is 17.5. The lowest BCUT2D eigenvalue weighted by Gasteiger charge is -1.85. The van der Waals surface area contributed by atoms with Crippen LogP contribution in [0.1, 0.15) is 0 Å². The summed E-state index contributed by atoms with van der Waals surface area (Å²) < 4.78 is 4.21. The molecule has 0 spiro atoms. The minimum atomic E-state index is -0.241. The number of nitrogens with zero attached hydrogens (tertiary/aromatic N) is 2. The molecule has 0 saturated carbocycles. The number of methoxy groups -OCH3 is 1. The van der Waals surface area contributed by atoms with Crippen molar-refractivity contribution >= 4 is 27.7 Å². The Labute approximate surface area is 116 Å². The number of rotatable bonds is 1. The van der Waals surface area contributed by atoms with Gasteiger partial charge < -0.3 is 4.74 Å². The van der Waals surface area contributed by atoms with Gasteiger partial charge in [0, 0.05) is 24.8 Å². The molecule has 0 aliphatic rings. The van der Waals surface area contributed by atoms with Crippen LogP contribution in [0.15, 0.2) is 61.2 Å². The Bertz CT molecular complexity index is 299. The summed E-state index contributed by atoms with van der Waals surface area (Å²) in [6.07, 6.45) is 7.28. The van der Waals surface area contributed by atoms with Crippen LogP contribution in [0.5, 0.6) is 0 Å². The smallest absolute Gasteiger partial charge is 0.337 e. The number of aromatic nitrogens is 2. The summed E-state index contributed by atoms with van der Waals surface area (Å²) in [5.41, 5.74) is 0. The summed E-state index contributed by atoms with van der Waals surface area (Å²) in [7, 11) is 1.35. The van der Waals surface area contributed by atoms with Crippen molar-refractivity contribution in [2.24, 2.45) is 0 Å². The first kappa shape index (κ1) is 16.3. The van der Waals surface area contributed by atoms with Gasteiger partial charge in [0.25, 0.3) is 5.87 Å². The molecule has 0 aliphatic carbocycles. The van der Waals surface area contributed by atoms with Gasteiger partial charge in [0.15, 0.2) is 0 Å². The molecule has 2 rings (SSSR count). The molecule has 0 N–H and O–H groups in total. The summed E-state index contributed by atoms with van der Waals surface area (Å²) in [6.45, 7) is 0. The van der Waals surface area contributed by atoms with Gasteiger partial charge in [-0.25, -0.2) is 0 Å². The van der Waals surface area contributed by atoms with Gasteiger partial charge in [0.2, 0.25) is 0 Å². The number of ether oxygens (including phenoxy) is 1. The van der Waals surface area contributed by atoms with E-state index in [1.54, 1.807) is 24.8 Å². The minimum absolute atomic E-state index is 0.241. The third-order valence-corrected chi connectivity index (χ3v) is 1.93. The molecule has 0 atom stereocenters. The monoisotopic (exact) mass is 308 g/mol. The molecule has 0 aromatic carbocycles. The van der Waals surface area contributed by atoms with Crippen molar-refractivity contribution in [3.8, 4) is 0 Å². The quantitative estimate of drug-likeness (QED) is 0.760. The molecule has 0 radical (unpaired) electrons. The van der Waals surface area contributed by atoms with E-state index in [4.69, 9.17) is 0 Å². The van der Waals surface area contributed by atoms with Crippen molar-refractivity contribution in [1.82, 2.24) is 9.97 Å². The van der Waals surface area contributed by atoms with Crippen molar-refractivity contribution in [2.75, 3.05) is 7.11 Å². The Balaban J connectivity index is 0.000000241. The van der Waals surface area contributed by atoms with Crippen LogP contribution in [0.25, 0.3) is 0 Å². The SMILES string of the molecule is COC(=O)BBr.c1ccncc1.c1ccncc1. The number of carbonyl (C=O) groups excluding carboxylic acids is 1. The molecule has 0 unspecified atom stereocenters. The number of carbonyl (C=O) groups is 1. The Kier molecular flexibility index (Phi) is 12.1. The van der Waals surface area contributed by atoms with E-state index in [2.05, 4.69) is 30.5 Å². The molecular weight excluding hydrogens is 295 g/mol. The first-order valence-electron chi connectivity index (χ1n) is 5.14. The van der Waals surface area contributed by atoms with E-state index in [0.717, 1.165) is 0 Å². The van der Waals surface area contributed by atoms with Gasteiger partial charge in [-0.2, -0.15) is 0 Å². The molecule has 0 amide bonds. The Morgan fingerprint density at radius 2 is 1.33 bits per heavy atom. The Morgan fingerprint density at radius 3 is 1.39 bits per heavy atom. The molecule has 6 heteroatoms. The molecule has 4 nitrogen and oxygen atoms in total. The van der Waals surface area contributed by atoms with E-state index in [1.165, 1.54) is 7.11 Å². The normalized spacial score (nSPS) is 7.67. The highest BCUT2D eigenvalue weighted by molar-refractivity contribution is 9.24. The zero-order valence-corrected chi connectivity index (χ0v) is 11.7. The van der Waals surface area contributed by atoms with E-state index in [1.807, 2.05) is 36.4 Å². The van der Waals surface area contributed by atoms with Crippen molar-refractivity contribution in [1.29, 1.82) is 0 Å². The highest BCUT2D eigenvalue weighted by Crippen LogP contribution is 1.78. The molecule has 0 fully saturated rings. The largest absolute Gasteiger partial charge is 0.476 e. The fraction of sp³-hybridized carbons (Fsp3) is 0.0833. The number of hydrogen-bond acceptors (Lipinski definition) is 4. The average Bonchev–Trinajstić information content (AvgIpc) is 2.51. The van der Waals surface area contributed by atoms with Crippen LogP contribution < -0.4 is 0 Å². The summed E-state index contributed by atoms with van der Waals surface area (Å²) in [6, 6.07) is 11.4. The topological polar surface area (TPSA) is 52.1 Å². The Morgan fingerprint density at radius 1 is 0.944 bits per heavy atom. The standard InChI is InChI=1S/2C5H5N.C2H4BBrO2/c2*1-2-4-6-5-3-1;1-6-2(5)3-4/h2*1-5H;3H,1H3. The van der Waals surface area contributed by atoms with E-state index >= 15 is 0 Å². The third-order valence-electron chi connectivity index (χ3n) is 1.47. The van der Waals surface area contributed by atoms with Crippen LogP contribution in [-0.2, 0) is 4.74 Å². The number of hydrogen-bond donors (Lipinski definition) is 0. The maximum atomic E-state index is 9.91. The van der Waals surface area contributed by atoms with Gasteiger partial charge in [-0.1, -0.05) is 12.1 Å². The maximum Gasteiger partial charge on any atom is 0.337 e. The molecule has 0 aliphatic heterocycles. The molecule has 0 bridgehead atoms. The third kappa shape index (κ3) is 12.4. The lowest BCUT2D eigenvalue weighted by atomic mass is 10.2. The zero-order valence-electron chi connectivity index (χ0n) is 10.1. The first-order valence-corrected chi connectivity index (χ1v) is 6.26. The van der Waals surface area contributed by atoms with Gasteiger partial charge in [-0.05, 0) is 24.3 Å². The van der Waals surface area contributed by atoms with Crippen molar-refractivity contribution < 1.29 is 9.53 Å². The average molecular weight is 309 g/mol. The highest BCUT2D eigenvalue weighted by atomic mass is 79.9. The van der Waals surface area contributed by atoms with Gasteiger partial charge in [0.05, 0.1) is 7.11 Å². The van der Waals surface area contributed by atoms with E-state index in [-0.39, 0.29) is 12.0 Å². The molecule has 18 heavy (non-hydrogen) atoms. The van der Waals surface area contributed by atoms with E-state index in [9.17, 15) is 4.79 Å². The first-order chi connectivity index (χ1) is 8.81. The van der Waals surface area contributed by atoms with Gasteiger partial charge in [-0.15, -0.1) is 15.8 Å². The predicted molar refractivity (Wildman–Crippen MR) is 77.0 cm³/mol. The van der Waals surface area contributed by atoms with Crippen LogP contribution >= 0.6 is 15.8 Å². The Hall–Kier alpha value is -1.69. The molecule has 2 aromatic heterocycles. The second kappa shape index (κ2) is 13.4. The van der Waals surface area contributed by atoms with Crippen LogP contribution in [0.4, 0.5) is 4.79 Å². The fourth-order valence-corrected chi connectivity index (χ4v) is 0.909. The fourth-order valence-electron chi connectivity index (χ4n) is 0.680. The van der Waals surface area contributed by atoms with E-state index in [0.29, 0.717) is 0 Å².